The van der Waals surface area contributed by atoms with E-state index in [2.05, 4.69) is 17.2 Å². The van der Waals surface area contributed by atoms with Crippen LogP contribution >= 0.6 is 0 Å². The van der Waals surface area contributed by atoms with Crippen LogP contribution in [-0.2, 0) is 4.79 Å². The third-order valence-corrected chi connectivity index (χ3v) is 1.99. The lowest BCUT2D eigenvalue weighted by Gasteiger charge is -1.99. The maximum Gasteiger partial charge on any atom is 0.243 e. The molecule has 0 rings (SSSR count). The zero-order chi connectivity index (χ0) is 12.9. The Morgan fingerprint density at radius 3 is 2.76 bits per heavy atom. The standard InChI is InChI=1S/C15H23NO/c1-4-5-6-7-8-9-10-13-16-15(17)12-11-14(2)3/h4-5,11-12,14H,6,9-10,13H2,1-3H3,(H,16,17)/b5-4+,12-11-. The predicted octanol–water partition coefficient (Wildman–Crippen LogP) is 3.06. The third-order valence-electron chi connectivity index (χ3n) is 1.99. The molecule has 0 aliphatic rings. The van der Waals surface area contributed by atoms with Crippen LogP contribution in [0.25, 0.3) is 0 Å². The first-order valence-corrected chi connectivity index (χ1v) is 6.19. The Hall–Kier alpha value is -1.49. The molecular weight excluding hydrogens is 210 g/mol. The number of amides is 1. The lowest BCUT2D eigenvalue weighted by atomic mass is 10.2. The fourth-order valence-corrected chi connectivity index (χ4v) is 1.06. The summed E-state index contributed by atoms with van der Waals surface area (Å²) in [6.45, 7) is 6.77. The molecule has 2 nitrogen and oxygen atoms in total. The smallest absolute Gasteiger partial charge is 0.243 e. The van der Waals surface area contributed by atoms with Gasteiger partial charge < -0.3 is 5.32 Å². The van der Waals surface area contributed by atoms with E-state index in [0.717, 1.165) is 19.3 Å². The van der Waals surface area contributed by atoms with Crippen molar-refractivity contribution in [2.75, 3.05) is 6.54 Å². The average molecular weight is 233 g/mol. The normalized spacial score (nSPS) is 10.8. The van der Waals surface area contributed by atoms with E-state index >= 15 is 0 Å². The average Bonchev–Trinajstić information content (AvgIpc) is 2.30. The second kappa shape index (κ2) is 11.0. The Kier molecular flexibility index (Phi) is 10.0. The first kappa shape index (κ1) is 15.5. The van der Waals surface area contributed by atoms with Crippen LogP contribution in [0.3, 0.4) is 0 Å². The van der Waals surface area contributed by atoms with Crippen LogP contribution < -0.4 is 5.32 Å². The Bertz CT molecular complexity index is 316. The van der Waals surface area contributed by atoms with Gasteiger partial charge in [0.1, 0.15) is 0 Å². The molecule has 0 aromatic heterocycles. The summed E-state index contributed by atoms with van der Waals surface area (Å²) in [4.78, 5) is 11.3. The number of hydrogen-bond donors (Lipinski definition) is 1. The molecule has 0 aliphatic heterocycles. The lowest BCUT2D eigenvalue weighted by Crippen LogP contribution is -2.22. The van der Waals surface area contributed by atoms with Gasteiger partial charge in [-0.2, -0.15) is 0 Å². The monoisotopic (exact) mass is 233 g/mol. The molecule has 2 heteroatoms. The summed E-state index contributed by atoms with van der Waals surface area (Å²) < 4.78 is 0. The van der Waals surface area contributed by atoms with E-state index in [1.807, 2.05) is 39.0 Å². The van der Waals surface area contributed by atoms with Crippen molar-refractivity contribution in [2.24, 2.45) is 5.92 Å². The van der Waals surface area contributed by atoms with E-state index in [1.54, 1.807) is 6.08 Å². The van der Waals surface area contributed by atoms with Crippen molar-refractivity contribution in [3.63, 3.8) is 0 Å². The summed E-state index contributed by atoms with van der Waals surface area (Å²) in [6, 6.07) is 0. The fourth-order valence-electron chi connectivity index (χ4n) is 1.06. The maximum absolute atomic E-state index is 11.3. The number of rotatable bonds is 6. The Morgan fingerprint density at radius 1 is 1.35 bits per heavy atom. The molecule has 0 radical (unpaired) electrons. The molecule has 0 aromatic carbocycles. The molecule has 0 saturated heterocycles. The number of nitrogens with one attached hydrogen (secondary N) is 1. The number of unbranched alkanes of at least 4 members (excludes halogenated alkanes) is 1. The number of carbonyl (C=O) groups is 1. The molecular formula is C15H23NO. The number of hydrogen-bond acceptors (Lipinski definition) is 1. The predicted molar refractivity (Wildman–Crippen MR) is 73.4 cm³/mol. The van der Waals surface area contributed by atoms with Gasteiger partial charge in [-0.05, 0) is 25.3 Å². The molecule has 94 valence electrons. The van der Waals surface area contributed by atoms with Crippen molar-refractivity contribution in [2.45, 2.75) is 40.0 Å². The van der Waals surface area contributed by atoms with Crippen LogP contribution in [0.2, 0.25) is 0 Å². The first-order valence-electron chi connectivity index (χ1n) is 6.19. The topological polar surface area (TPSA) is 29.1 Å². The SMILES string of the molecule is C/C=C/CC#CCCCNC(=O)/C=C\C(C)C. The highest BCUT2D eigenvalue weighted by atomic mass is 16.1. The van der Waals surface area contributed by atoms with Crippen molar-refractivity contribution in [1.82, 2.24) is 5.32 Å². The first-order chi connectivity index (χ1) is 8.16. The van der Waals surface area contributed by atoms with Gasteiger partial charge in [0.2, 0.25) is 5.91 Å². The second-order valence-electron chi connectivity index (χ2n) is 4.12. The van der Waals surface area contributed by atoms with Crippen LogP contribution in [0.5, 0.6) is 0 Å². The van der Waals surface area contributed by atoms with Gasteiger partial charge in [-0.3, -0.25) is 4.79 Å². The number of carbonyl (C=O) groups excluding carboxylic acids is 1. The minimum Gasteiger partial charge on any atom is -0.353 e. The highest BCUT2D eigenvalue weighted by molar-refractivity contribution is 5.87. The van der Waals surface area contributed by atoms with Crippen LogP contribution in [0.1, 0.15) is 40.0 Å². The molecule has 0 aromatic rings. The molecule has 0 saturated carbocycles. The van der Waals surface area contributed by atoms with E-state index in [-0.39, 0.29) is 5.91 Å². The minimum absolute atomic E-state index is 0.0134. The summed E-state index contributed by atoms with van der Waals surface area (Å²) in [6.07, 6.45) is 10.1. The highest BCUT2D eigenvalue weighted by Crippen LogP contribution is 1.92. The van der Waals surface area contributed by atoms with Crippen LogP contribution in [0.15, 0.2) is 24.3 Å². The van der Waals surface area contributed by atoms with Crippen molar-refractivity contribution >= 4 is 5.91 Å². The zero-order valence-electron chi connectivity index (χ0n) is 11.1. The fraction of sp³-hybridized carbons (Fsp3) is 0.533. The van der Waals surface area contributed by atoms with E-state index < -0.39 is 0 Å². The van der Waals surface area contributed by atoms with Gasteiger partial charge in [-0.25, -0.2) is 0 Å². The van der Waals surface area contributed by atoms with Gasteiger partial charge in [-0.15, -0.1) is 5.92 Å². The van der Waals surface area contributed by atoms with Crippen molar-refractivity contribution < 1.29 is 4.79 Å². The summed E-state index contributed by atoms with van der Waals surface area (Å²) in [7, 11) is 0. The lowest BCUT2D eigenvalue weighted by molar-refractivity contribution is -0.116. The molecule has 0 spiro atoms. The second-order valence-corrected chi connectivity index (χ2v) is 4.12. The minimum atomic E-state index is -0.0134. The largest absolute Gasteiger partial charge is 0.353 e. The Morgan fingerprint density at radius 2 is 2.12 bits per heavy atom. The van der Waals surface area contributed by atoms with E-state index in [1.165, 1.54) is 0 Å². The summed E-state index contributed by atoms with van der Waals surface area (Å²) in [5, 5.41) is 2.83. The summed E-state index contributed by atoms with van der Waals surface area (Å²) in [5.74, 6) is 6.53. The number of allylic oxidation sites excluding steroid dienone is 3. The van der Waals surface area contributed by atoms with Gasteiger partial charge in [-0.1, -0.05) is 38.0 Å². The molecule has 17 heavy (non-hydrogen) atoms. The van der Waals surface area contributed by atoms with Crippen molar-refractivity contribution in [3.05, 3.63) is 24.3 Å². The zero-order valence-corrected chi connectivity index (χ0v) is 11.1. The molecule has 1 amide bonds. The summed E-state index contributed by atoms with van der Waals surface area (Å²) >= 11 is 0. The summed E-state index contributed by atoms with van der Waals surface area (Å²) in [5.41, 5.74) is 0. The van der Waals surface area contributed by atoms with Gasteiger partial charge in [0.15, 0.2) is 0 Å². The molecule has 0 atom stereocenters. The van der Waals surface area contributed by atoms with Crippen LogP contribution in [0, 0.1) is 17.8 Å². The van der Waals surface area contributed by atoms with Crippen LogP contribution in [0.4, 0.5) is 0 Å². The molecule has 0 unspecified atom stereocenters. The molecule has 0 aliphatic carbocycles. The van der Waals surface area contributed by atoms with Gasteiger partial charge in [0.25, 0.3) is 0 Å². The van der Waals surface area contributed by atoms with E-state index in [4.69, 9.17) is 0 Å². The van der Waals surface area contributed by atoms with Gasteiger partial charge >= 0.3 is 0 Å². The third kappa shape index (κ3) is 12.4. The maximum atomic E-state index is 11.3. The van der Waals surface area contributed by atoms with Gasteiger partial charge in [0, 0.05) is 19.4 Å². The van der Waals surface area contributed by atoms with Crippen molar-refractivity contribution in [1.29, 1.82) is 0 Å². The Balaban J connectivity index is 3.50. The Labute approximate surface area is 105 Å². The van der Waals surface area contributed by atoms with Crippen LogP contribution in [-0.4, -0.2) is 12.5 Å². The quantitative estimate of drug-likeness (QED) is 0.325. The van der Waals surface area contributed by atoms with Gasteiger partial charge in [0.05, 0.1) is 0 Å². The van der Waals surface area contributed by atoms with Crippen molar-refractivity contribution in [3.8, 4) is 11.8 Å². The molecule has 0 fully saturated rings. The molecule has 0 heterocycles. The highest BCUT2D eigenvalue weighted by Gasteiger charge is 1.93. The molecule has 1 N–H and O–H groups in total. The van der Waals surface area contributed by atoms with E-state index in [9.17, 15) is 4.79 Å². The molecule has 0 bridgehead atoms. The van der Waals surface area contributed by atoms with E-state index in [0.29, 0.717) is 12.5 Å².